The van der Waals surface area contributed by atoms with Crippen LogP contribution in [0.1, 0.15) is 63.2 Å². The van der Waals surface area contributed by atoms with Gasteiger partial charge in [-0.15, -0.1) is 0 Å². The van der Waals surface area contributed by atoms with Gasteiger partial charge in [0.1, 0.15) is 6.04 Å². The van der Waals surface area contributed by atoms with Gasteiger partial charge >= 0.3 is 0 Å². The molecule has 178 valence electrons. The van der Waals surface area contributed by atoms with Crippen LogP contribution < -0.4 is 10.2 Å². The highest BCUT2D eigenvalue weighted by Crippen LogP contribution is 2.33. The summed E-state index contributed by atoms with van der Waals surface area (Å²) in [5.41, 5.74) is 4.76. The molecule has 2 unspecified atom stereocenters. The van der Waals surface area contributed by atoms with Gasteiger partial charge in [-0.2, -0.15) is 0 Å². The fourth-order valence-corrected chi connectivity index (χ4v) is 4.98. The molecule has 2 aliphatic heterocycles. The number of hydrogen-bond donors (Lipinski definition) is 1. The van der Waals surface area contributed by atoms with Crippen LogP contribution in [0, 0.1) is 6.92 Å². The molecule has 5 rings (SSSR count). The molecule has 0 saturated carbocycles. The smallest absolute Gasteiger partial charge is 0.256 e. The van der Waals surface area contributed by atoms with E-state index in [0.29, 0.717) is 36.3 Å². The number of rotatable bonds is 5. The second kappa shape index (κ2) is 9.37. The van der Waals surface area contributed by atoms with Crippen LogP contribution in [0.5, 0.6) is 0 Å². The van der Waals surface area contributed by atoms with Crippen LogP contribution in [0.25, 0.3) is 0 Å². The SMILES string of the molecule is Cc1ccc(C(C)NC(=O)c2cccc(CN3C(=O)C4CCCN4C(=O)c4ccccc43)c2)cc1. The van der Waals surface area contributed by atoms with E-state index in [9.17, 15) is 14.4 Å². The van der Waals surface area contributed by atoms with Crippen molar-refractivity contribution in [2.24, 2.45) is 0 Å². The number of carbonyl (C=O) groups excluding carboxylic acids is 3. The van der Waals surface area contributed by atoms with Crippen LogP contribution in [0.15, 0.2) is 72.8 Å². The molecule has 3 aromatic rings. The highest BCUT2D eigenvalue weighted by molar-refractivity contribution is 6.11. The van der Waals surface area contributed by atoms with Gasteiger partial charge in [0.2, 0.25) is 5.91 Å². The molecule has 2 aliphatic rings. The zero-order valence-electron chi connectivity index (χ0n) is 20.0. The molecule has 3 amide bonds. The third kappa shape index (κ3) is 4.44. The first-order chi connectivity index (χ1) is 16.9. The molecular weight excluding hydrogens is 438 g/mol. The largest absolute Gasteiger partial charge is 0.346 e. The van der Waals surface area contributed by atoms with E-state index < -0.39 is 6.04 Å². The lowest BCUT2D eigenvalue weighted by Crippen LogP contribution is -2.44. The molecule has 0 bridgehead atoms. The number of fused-ring (bicyclic) bond motifs is 2. The van der Waals surface area contributed by atoms with Crippen LogP contribution >= 0.6 is 0 Å². The molecule has 2 atom stereocenters. The molecule has 0 aromatic heterocycles. The summed E-state index contributed by atoms with van der Waals surface area (Å²) in [6.45, 7) is 4.89. The molecule has 6 nitrogen and oxygen atoms in total. The average Bonchev–Trinajstić information content (AvgIpc) is 3.34. The van der Waals surface area contributed by atoms with E-state index in [-0.39, 0.29) is 23.8 Å². The van der Waals surface area contributed by atoms with Gasteiger partial charge in [-0.05, 0) is 62.1 Å². The summed E-state index contributed by atoms with van der Waals surface area (Å²) in [6, 6.07) is 22.2. The van der Waals surface area contributed by atoms with E-state index in [1.807, 2.05) is 74.5 Å². The fraction of sp³-hybridized carbons (Fsp3) is 0.276. The monoisotopic (exact) mass is 467 g/mol. The maximum Gasteiger partial charge on any atom is 0.256 e. The van der Waals surface area contributed by atoms with Crippen molar-refractivity contribution in [2.75, 3.05) is 11.4 Å². The first-order valence-electron chi connectivity index (χ1n) is 12.1. The first-order valence-corrected chi connectivity index (χ1v) is 12.1. The Balaban J connectivity index is 1.39. The van der Waals surface area contributed by atoms with Crippen LogP contribution in [0.3, 0.4) is 0 Å². The molecule has 0 radical (unpaired) electrons. The van der Waals surface area contributed by atoms with Gasteiger partial charge in [0.25, 0.3) is 11.8 Å². The van der Waals surface area contributed by atoms with E-state index in [4.69, 9.17) is 0 Å². The number of hydrogen-bond acceptors (Lipinski definition) is 3. The van der Waals surface area contributed by atoms with Gasteiger partial charge in [0.15, 0.2) is 0 Å². The molecule has 1 N–H and O–H groups in total. The number of nitrogens with zero attached hydrogens (tertiary/aromatic N) is 2. The van der Waals surface area contributed by atoms with Crippen LogP contribution in [0.2, 0.25) is 0 Å². The minimum Gasteiger partial charge on any atom is -0.346 e. The summed E-state index contributed by atoms with van der Waals surface area (Å²) in [6.07, 6.45) is 1.50. The Morgan fingerprint density at radius 1 is 1.03 bits per heavy atom. The van der Waals surface area contributed by atoms with Crippen LogP contribution in [-0.4, -0.2) is 35.2 Å². The predicted octanol–water partition coefficient (Wildman–Crippen LogP) is 4.64. The normalized spacial score (nSPS) is 18.1. The molecule has 0 aliphatic carbocycles. The Morgan fingerprint density at radius 2 is 1.80 bits per heavy atom. The van der Waals surface area contributed by atoms with Crippen molar-refractivity contribution in [3.05, 3.63) is 101 Å². The number of anilines is 1. The Hall–Kier alpha value is -3.93. The lowest BCUT2D eigenvalue weighted by atomic mass is 10.0. The Labute approximate surface area is 205 Å². The summed E-state index contributed by atoms with van der Waals surface area (Å²) < 4.78 is 0. The number of para-hydroxylation sites is 1. The zero-order chi connectivity index (χ0) is 24.5. The number of amides is 3. The average molecular weight is 468 g/mol. The molecule has 2 heterocycles. The van der Waals surface area contributed by atoms with Crippen molar-refractivity contribution in [1.82, 2.24) is 10.2 Å². The van der Waals surface area contributed by atoms with Gasteiger partial charge in [0.05, 0.1) is 23.8 Å². The van der Waals surface area contributed by atoms with Gasteiger partial charge in [-0.25, -0.2) is 0 Å². The molecule has 0 spiro atoms. The third-order valence-corrected chi connectivity index (χ3v) is 6.94. The summed E-state index contributed by atoms with van der Waals surface area (Å²) in [5, 5.41) is 3.06. The number of nitrogens with one attached hydrogen (secondary N) is 1. The quantitative estimate of drug-likeness (QED) is 0.595. The third-order valence-electron chi connectivity index (χ3n) is 6.94. The van der Waals surface area contributed by atoms with E-state index in [1.165, 1.54) is 5.56 Å². The molecule has 35 heavy (non-hydrogen) atoms. The fourth-order valence-electron chi connectivity index (χ4n) is 4.98. The number of aryl methyl sites for hydroxylation is 1. The Morgan fingerprint density at radius 3 is 2.60 bits per heavy atom. The Kier molecular flexibility index (Phi) is 6.12. The topological polar surface area (TPSA) is 69.7 Å². The summed E-state index contributed by atoms with van der Waals surface area (Å²) in [7, 11) is 0. The number of carbonyl (C=O) groups is 3. The highest BCUT2D eigenvalue weighted by atomic mass is 16.2. The lowest BCUT2D eigenvalue weighted by Gasteiger charge is -2.26. The van der Waals surface area contributed by atoms with Crippen molar-refractivity contribution < 1.29 is 14.4 Å². The van der Waals surface area contributed by atoms with Crippen molar-refractivity contribution in [1.29, 1.82) is 0 Å². The second-order valence-corrected chi connectivity index (χ2v) is 9.40. The minimum atomic E-state index is -0.434. The summed E-state index contributed by atoms with van der Waals surface area (Å²) >= 11 is 0. The molecule has 3 aromatic carbocycles. The van der Waals surface area contributed by atoms with Crippen molar-refractivity contribution >= 4 is 23.4 Å². The van der Waals surface area contributed by atoms with E-state index in [0.717, 1.165) is 17.5 Å². The van der Waals surface area contributed by atoms with Gasteiger partial charge < -0.3 is 15.1 Å². The standard InChI is InChI=1S/C29H29N3O3/c1-19-12-14-22(15-13-19)20(2)30-27(33)23-8-5-7-21(17-23)18-32-25-10-4-3-9-24(25)28(34)31-16-6-11-26(31)29(32)35/h3-5,7-10,12-15,17,20,26H,6,11,16,18H2,1-2H3,(H,30,33). The van der Waals surface area contributed by atoms with Crippen LogP contribution in [0.4, 0.5) is 5.69 Å². The molecule has 6 heteroatoms. The highest BCUT2D eigenvalue weighted by Gasteiger charge is 2.41. The summed E-state index contributed by atoms with van der Waals surface area (Å²) in [4.78, 5) is 43.1. The zero-order valence-corrected chi connectivity index (χ0v) is 20.0. The maximum absolute atomic E-state index is 13.5. The minimum absolute atomic E-state index is 0.0661. The van der Waals surface area contributed by atoms with E-state index >= 15 is 0 Å². The van der Waals surface area contributed by atoms with Crippen LogP contribution in [-0.2, 0) is 11.3 Å². The first kappa shape index (κ1) is 22.8. The van der Waals surface area contributed by atoms with Gasteiger partial charge in [-0.1, -0.05) is 54.1 Å². The van der Waals surface area contributed by atoms with Crippen molar-refractivity contribution in [3.8, 4) is 0 Å². The molecule has 1 fully saturated rings. The molecular formula is C29H29N3O3. The van der Waals surface area contributed by atoms with E-state index in [2.05, 4.69) is 5.32 Å². The van der Waals surface area contributed by atoms with E-state index in [1.54, 1.807) is 21.9 Å². The van der Waals surface area contributed by atoms with Crippen molar-refractivity contribution in [3.63, 3.8) is 0 Å². The lowest BCUT2D eigenvalue weighted by molar-refractivity contribution is -0.122. The maximum atomic E-state index is 13.5. The van der Waals surface area contributed by atoms with Gasteiger partial charge in [0, 0.05) is 12.1 Å². The number of benzene rings is 3. The second-order valence-electron chi connectivity index (χ2n) is 9.40. The predicted molar refractivity (Wildman–Crippen MR) is 135 cm³/mol. The van der Waals surface area contributed by atoms with Crippen molar-refractivity contribution in [2.45, 2.75) is 45.3 Å². The molecule has 1 saturated heterocycles. The van der Waals surface area contributed by atoms with Gasteiger partial charge in [-0.3, -0.25) is 14.4 Å². The Bertz CT molecular complexity index is 1280. The summed E-state index contributed by atoms with van der Waals surface area (Å²) in [5.74, 6) is -0.319.